The summed E-state index contributed by atoms with van der Waals surface area (Å²) in [6, 6.07) is 6.57. The fraction of sp³-hybridized carbons (Fsp3) is 0.500. The van der Waals surface area contributed by atoms with Crippen LogP contribution in [0.4, 0.5) is 10.1 Å². The van der Waals surface area contributed by atoms with Crippen molar-refractivity contribution in [3.8, 4) is 0 Å². The van der Waals surface area contributed by atoms with Gasteiger partial charge in [-0.25, -0.2) is 4.39 Å². The van der Waals surface area contributed by atoms with E-state index in [2.05, 4.69) is 0 Å². The van der Waals surface area contributed by atoms with Crippen LogP contribution >= 0.6 is 0 Å². The molecule has 1 saturated carbocycles. The molecule has 0 radical (unpaired) electrons. The SMILES string of the molecule is CN(C(=O)C1CCC(N)CC1)c1ccccc1F. The minimum Gasteiger partial charge on any atom is -0.328 e. The molecule has 2 rings (SSSR count). The first-order valence-electron chi connectivity index (χ1n) is 6.37. The molecule has 1 aromatic carbocycles. The molecule has 3 nitrogen and oxygen atoms in total. The number of halogens is 1. The zero-order valence-corrected chi connectivity index (χ0v) is 10.6. The second-order valence-electron chi connectivity index (χ2n) is 4.96. The second-order valence-corrected chi connectivity index (χ2v) is 4.96. The molecule has 1 aliphatic rings. The lowest BCUT2D eigenvalue weighted by Crippen LogP contribution is -2.37. The number of para-hydroxylation sites is 1. The molecular formula is C14H19FN2O. The molecule has 0 heterocycles. The maximum atomic E-state index is 13.6. The lowest BCUT2D eigenvalue weighted by Gasteiger charge is -2.29. The van der Waals surface area contributed by atoms with Crippen molar-refractivity contribution >= 4 is 11.6 Å². The van der Waals surface area contributed by atoms with E-state index in [-0.39, 0.29) is 23.7 Å². The summed E-state index contributed by atoms with van der Waals surface area (Å²) in [4.78, 5) is 13.7. The first kappa shape index (κ1) is 13.0. The van der Waals surface area contributed by atoms with Gasteiger partial charge >= 0.3 is 0 Å². The quantitative estimate of drug-likeness (QED) is 0.875. The van der Waals surface area contributed by atoms with Crippen molar-refractivity contribution in [2.45, 2.75) is 31.7 Å². The van der Waals surface area contributed by atoms with E-state index >= 15 is 0 Å². The van der Waals surface area contributed by atoms with Crippen molar-refractivity contribution in [2.24, 2.45) is 11.7 Å². The average molecular weight is 250 g/mol. The van der Waals surface area contributed by atoms with Crippen molar-refractivity contribution in [2.75, 3.05) is 11.9 Å². The number of nitrogens with zero attached hydrogens (tertiary/aromatic N) is 1. The molecule has 0 aliphatic heterocycles. The highest BCUT2D eigenvalue weighted by Crippen LogP contribution is 2.27. The predicted octanol–water partition coefficient (Wildman–Crippen LogP) is 2.31. The molecule has 1 aliphatic carbocycles. The summed E-state index contributed by atoms with van der Waals surface area (Å²) in [5, 5.41) is 0. The minimum absolute atomic E-state index is 0.00741. The molecule has 1 amide bonds. The number of carbonyl (C=O) groups is 1. The summed E-state index contributed by atoms with van der Waals surface area (Å²) in [7, 11) is 1.63. The maximum absolute atomic E-state index is 13.6. The molecule has 0 unspecified atom stereocenters. The van der Waals surface area contributed by atoms with Gasteiger partial charge in [0.15, 0.2) is 0 Å². The third-order valence-corrected chi connectivity index (χ3v) is 3.67. The van der Waals surface area contributed by atoms with Gasteiger partial charge < -0.3 is 10.6 Å². The number of hydrogen-bond donors (Lipinski definition) is 1. The van der Waals surface area contributed by atoms with Crippen LogP contribution in [0.3, 0.4) is 0 Å². The number of anilines is 1. The van der Waals surface area contributed by atoms with Gasteiger partial charge in [0, 0.05) is 19.0 Å². The Hall–Kier alpha value is -1.42. The maximum Gasteiger partial charge on any atom is 0.229 e. The van der Waals surface area contributed by atoms with Crippen LogP contribution in [0, 0.1) is 11.7 Å². The predicted molar refractivity (Wildman–Crippen MR) is 69.7 cm³/mol. The Morgan fingerprint density at radius 3 is 2.50 bits per heavy atom. The second kappa shape index (κ2) is 5.48. The first-order valence-corrected chi connectivity index (χ1v) is 6.37. The van der Waals surface area contributed by atoms with E-state index in [4.69, 9.17) is 5.73 Å². The van der Waals surface area contributed by atoms with Crippen molar-refractivity contribution < 1.29 is 9.18 Å². The summed E-state index contributed by atoms with van der Waals surface area (Å²) >= 11 is 0. The summed E-state index contributed by atoms with van der Waals surface area (Å²) in [5.41, 5.74) is 6.17. The van der Waals surface area contributed by atoms with E-state index in [1.807, 2.05) is 0 Å². The van der Waals surface area contributed by atoms with Crippen LogP contribution in [-0.4, -0.2) is 19.0 Å². The van der Waals surface area contributed by atoms with Gasteiger partial charge in [0.25, 0.3) is 0 Å². The molecule has 18 heavy (non-hydrogen) atoms. The van der Waals surface area contributed by atoms with Crippen LogP contribution in [0.15, 0.2) is 24.3 Å². The Labute approximate surface area is 107 Å². The summed E-state index contributed by atoms with van der Waals surface area (Å²) in [5.74, 6) is -0.387. The average Bonchev–Trinajstić information content (AvgIpc) is 2.38. The van der Waals surface area contributed by atoms with E-state index < -0.39 is 0 Å². The third-order valence-electron chi connectivity index (χ3n) is 3.67. The van der Waals surface area contributed by atoms with Crippen molar-refractivity contribution in [1.29, 1.82) is 0 Å². The highest BCUT2D eigenvalue weighted by molar-refractivity contribution is 5.94. The largest absolute Gasteiger partial charge is 0.328 e. The number of rotatable bonds is 2. The molecule has 0 aromatic heterocycles. The van der Waals surface area contributed by atoms with Gasteiger partial charge in [-0.1, -0.05) is 12.1 Å². The lowest BCUT2D eigenvalue weighted by molar-refractivity contribution is -0.123. The molecule has 4 heteroatoms. The molecule has 0 atom stereocenters. The van der Waals surface area contributed by atoms with E-state index in [1.54, 1.807) is 25.2 Å². The molecule has 1 fully saturated rings. The van der Waals surface area contributed by atoms with E-state index in [1.165, 1.54) is 11.0 Å². The molecule has 98 valence electrons. The number of nitrogens with two attached hydrogens (primary N) is 1. The topological polar surface area (TPSA) is 46.3 Å². The Morgan fingerprint density at radius 1 is 1.28 bits per heavy atom. The van der Waals surface area contributed by atoms with Gasteiger partial charge in [-0.05, 0) is 37.8 Å². The Bertz CT molecular complexity index is 428. The Kier molecular flexibility index (Phi) is 3.97. The Morgan fingerprint density at radius 2 is 1.89 bits per heavy atom. The van der Waals surface area contributed by atoms with Gasteiger partial charge in [-0.15, -0.1) is 0 Å². The molecule has 0 spiro atoms. The Balaban J connectivity index is 2.07. The van der Waals surface area contributed by atoms with E-state index in [0.29, 0.717) is 5.69 Å². The van der Waals surface area contributed by atoms with Gasteiger partial charge in [0.05, 0.1) is 5.69 Å². The van der Waals surface area contributed by atoms with Crippen molar-refractivity contribution in [3.63, 3.8) is 0 Å². The molecule has 1 aromatic rings. The molecule has 0 bridgehead atoms. The van der Waals surface area contributed by atoms with Crippen LogP contribution in [0.5, 0.6) is 0 Å². The fourth-order valence-corrected chi connectivity index (χ4v) is 2.48. The summed E-state index contributed by atoms with van der Waals surface area (Å²) in [6.07, 6.45) is 3.36. The van der Waals surface area contributed by atoms with Gasteiger partial charge in [-0.2, -0.15) is 0 Å². The normalized spacial score (nSPS) is 23.7. The number of hydrogen-bond acceptors (Lipinski definition) is 2. The zero-order valence-electron chi connectivity index (χ0n) is 10.6. The lowest BCUT2D eigenvalue weighted by atomic mass is 9.85. The summed E-state index contributed by atoms with van der Waals surface area (Å²) in [6.45, 7) is 0. The van der Waals surface area contributed by atoms with Crippen LogP contribution in [0.2, 0.25) is 0 Å². The van der Waals surface area contributed by atoms with Gasteiger partial charge in [0.1, 0.15) is 5.82 Å². The highest BCUT2D eigenvalue weighted by atomic mass is 19.1. The molecule has 2 N–H and O–H groups in total. The number of amides is 1. The summed E-state index contributed by atoms with van der Waals surface area (Å²) < 4.78 is 13.6. The highest BCUT2D eigenvalue weighted by Gasteiger charge is 2.28. The monoisotopic (exact) mass is 250 g/mol. The number of benzene rings is 1. The van der Waals surface area contributed by atoms with Crippen LogP contribution in [0.1, 0.15) is 25.7 Å². The smallest absolute Gasteiger partial charge is 0.229 e. The van der Waals surface area contributed by atoms with E-state index in [0.717, 1.165) is 25.7 Å². The van der Waals surface area contributed by atoms with Crippen molar-refractivity contribution in [1.82, 2.24) is 0 Å². The fourth-order valence-electron chi connectivity index (χ4n) is 2.48. The molecular weight excluding hydrogens is 231 g/mol. The van der Waals surface area contributed by atoms with Crippen LogP contribution < -0.4 is 10.6 Å². The van der Waals surface area contributed by atoms with Gasteiger partial charge in [-0.3, -0.25) is 4.79 Å². The molecule has 0 saturated heterocycles. The minimum atomic E-state index is -0.360. The van der Waals surface area contributed by atoms with Crippen molar-refractivity contribution in [3.05, 3.63) is 30.1 Å². The van der Waals surface area contributed by atoms with Crippen LogP contribution in [0.25, 0.3) is 0 Å². The third kappa shape index (κ3) is 2.70. The first-order chi connectivity index (χ1) is 8.59. The standard InChI is InChI=1S/C14H19FN2O/c1-17(13-5-3-2-4-12(13)15)14(18)10-6-8-11(16)9-7-10/h2-5,10-11H,6-9,16H2,1H3. The number of carbonyl (C=O) groups excluding carboxylic acids is 1. The van der Waals surface area contributed by atoms with E-state index in [9.17, 15) is 9.18 Å². The zero-order chi connectivity index (χ0) is 13.1. The van der Waals surface area contributed by atoms with Gasteiger partial charge in [0.2, 0.25) is 5.91 Å². The van der Waals surface area contributed by atoms with Crippen LogP contribution in [-0.2, 0) is 4.79 Å².